The number of nitrogens with one attached hydrogen (secondary N) is 13. The predicted octanol–water partition coefficient (Wildman–Crippen LogP) is 2.90. The van der Waals surface area contributed by atoms with Crippen LogP contribution in [0.5, 0.6) is 28.7 Å². The number of aromatic amines is 1. The van der Waals surface area contributed by atoms with Crippen LogP contribution in [0.3, 0.4) is 0 Å². The smallest absolute Gasteiger partial charge is 0.310 e. The molecule has 15 atom stereocenters. The largest absolute Gasteiger partial charge is 0.493 e. The molecule has 10 rings (SSSR count). The van der Waals surface area contributed by atoms with Gasteiger partial charge >= 0.3 is 5.97 Å². The number of guanidine groups is 1. The summed E-state index contributed by atoms with van der Waals surface area (Å²) in [6.07, 6.45) is 1.77. The van der Waals surface area contributed by atoms with E-state index in [2.05, 4.69) is 63.5 Å². The number of unbranched alkanes of at least 4 members (excludes halogenated alkanes) is 1. The van der Waals surface area contributed by atoms with Gasteiger partial charge in [-0.1, -0.05) is 89.1 Å². The number of likely N-dealkylation sites (tertiary alicyclic amines) is 1. The Morgan fingerprint density at radius 3 is 1.80 bits per heavy atom. The topological polar surface area (TPSA) is 557 Å². The first-order valence-corrected chi connectivity index (χ1v) is 43.3. The van der Waals surface area contributed by atoms with Crippen molar-refractivity contribution in [3.05, 3.63) is 137 Å². The van der Waals surface area contributed by atoms with Gasteiger partial charge in [0.15, 0.2) is 29.0 Å². The average molecular weight is 1760 g/mol. The Bertz CT molecular complexity index is 4900. The molecule has 0 radical (unpaired) electrons. The maximum Gasteiger partial charge on any atom is 0.310 e. The first-order valence-electron chi connectivity index (χ1n) is 42.3. The van der Waals surface area contributed by atoms with Gasteiger partial charge < -0.3 is 115 Å². The number of thioether (sulfide) groups is 1. The lowest BCUT2D eigenvalue weighted by molar-refractivity contribution is -0.142. The number of methoxy groups -OCH3 is 3. The van der Waals surface area contributed by atoms with Crippen molar-refractivity contribution >= 4 is 117 Å². The third kappa shape index (κ3) is 24.5. The number of amides is 12. The minimum Gasteiger partial charge on any atom is -0.493 e. The molecule has 1 aliphatic carbocycles. The number of ether oxygens (including phenoxy) is 6. The number of aromatic nitrogens is 1. The number of para-hydroxylation sites is 1. The number of nitrogens with zero attached hydrogens (tertiary/aromatic N) is 1. The molecule has 37 nitrogen and oxygen atoms in total. The molecule has 4 heterocycles. The Morgan fingerprint density at radius 2 is 1.19 bits per heavy atom. The number of hydrogen-bond donors (Lipinski definition) is 17. The van der Waals surface area contributed by atoms with Crippen molar-refractivity contribution in [3.8, 4) is 28.7 Å². The van der Waals surface area contributed by atoms with Crippen LogP contribution in [0.4, 0.5) is 11.4 Å². The summed E-state index contributed by atoms with van der Waals surface area (Å²) in [5.74, 6) is -10.4. The number of carbonyl (C=O) groups is 13. The van der Waals surface area contributed by atoms with E-state index < -0.39 is 167 Å². The van der Waals surface area contributed by atoms with Crippen LogP contribution in [0.1, 0.15) is 138 Å². The summed E-state index contributed by atoms with van der Waals surface area (Å²) < 4.78 is 34.5. The molecule has 12 amide bonds. The summed E-state index contributed by atoms with van der Waals surface area (Å²) in [7, 11) is 5.99. The van der Waals surface area contributed by atoms with Gasteiger partial charge in [-0.05, 0) is 139 Å². The number of likely N-dealkylation sites (N-methyl/N-ethyl adjacent to an activating group) is 1. The van der Waals surface area contributed by atoms with E-state index in [4.69, 9.17) is 56.8 Å². The second-order valence-electron chi connectivity index (χ2n) is 31.8. The molecule has 1 aromatic heterocycles. The Kier molecular flexibility index (Phi) is 34.3. The molecule has 0 spiro atoms. The fraction of sp³-hybridized carbons (Fsp3) is 0.477. The molecule has 21 N–H and O–H groups in total. The normalized spacial score (nSPS) is 18.4. The second kappa shape index (κ2) is 45.3. The van der Waals surface area contributed by atoms with Crippen LogP contribution in [-0.4, -0.2) is 213 Å². The zero-order valence-electron chi connectivity index (χ0n) is 71.9. The zero-order chi connectivity index (χ0) is 91.0. The number of benzene rings is 5. The number of hydrogen-bond acceptors (Lipinski definition) is 24. The van der Waals surface area contributed by atoms with E-state index in [1.807, 2.05) is 73.7 Å². The minimum atomic E-state index is -1.59. The number of nitrogens with two attached hydrogens (primary N) is 4. The number of rotatable bonds is 47. The Morgan fingerprint density at radius 1 is 0.627 bits per heavy atom. The van der Waals surface area contributed by atoms with Crippen molar-refractivity contribution in [2.24, 2.45) is 46.6 Å². The third-order valence-corrected chi connectivity index (χ3v) is 24.6. The summed E-state index contributed by atoms with van der Waals surface area (Å²) >= 11 is 0.916. The van der Waals surface area contributed by atoms with Crippen LogP contribution < -0.4 is 105 Å². The molecule has 6 aromatic rings. The maximum absolute atomic E-state index is 14.9. The molecule has 2 saturated heterocycles. The zero-order valence-corrected chi connectivity index (χ0v) is 72.7. The molecule has 4 aliphatic rings. The summed E-state index contributed by atoms with van der Waals surface area (Å²) in [5, 5.41) is 38.4. The third-order valence-electron chi connectivity index (χ3n) is 23.3. The SMILES string of the molecule is CCC(C)[C@H](NC(=O)[C@H](CCCCN)NC(=O)[C@@H](NC(=O)[C@H](CCC(N)=O)NC(=O)[C@H](CCCNC(=N)N)NC(=O)[C@@H](N)CSC1CC(=O)N(CCC(=O)Nc2ccc(N[C@@H]3c4cc5c(cc4[C@@H](c4cc(OC)c(OC)c(OC)c4)C4C(=O)OC[C@@H]43)OCO5)cc2)C1=O)C(C)CC)C(=O)N[C@@H](Cc1c[nH]c2ccccc12)C(=O)N[C@@H](Cc1ccccc1)C(=O)NC. The van der Waals surface area contributed by atoms with Crippen LogP contribution in [-0.2, 0) is 79.9 Å². The van der Waals surface area contributed by atoms with E-state index in [-0.39, 0.29) is 108 Å². The van der Waals surface area contributed by atoms with Gasteiger partial charge in [0, 0.05) is 98.3 Å². The number of imide groups is 1. The van der Waals surface area contributed by atoms with Gasteiger partial charge in [0.2, 0.25) is 83.4 Å². The van der Waals surface area contributed by atoms with E-state index in [0.29, 0.717) is 64.9 Å². The first kappa shape index (κ1) is 95.5. The van der Waals surface area contributed by atoms with E-state index in [1.54, 1.807) is 63.4 Å². The van der Waals surface area contributed by atoms with Crippen molar-refractivity contribution < 1.29 is 90.8 Å². The number of cyclic esters (lactones) is 1. The van der Waals surface area contributed by atoms with Gasteiger partial charge in [-0.15, -0.1) is 11.8 Å². The highest BCUT2D eigenvalue weighted by molar-refractivity contribution is 8.00. The molecule has 0 saturated carbocycles. The van der Waals surface area contributed by atoms with Gasteiger partial charge in [-0.3, -0.25) is 72.6 Å². The molecule has 4 unspecified atom stereocenters. The molecule has 3 aliphatic heterocycles. The monoisotopic (exact) mass is 1760 g/mol. The first-order chi connectivity index (χ1) is 60.5. The molecule has 0 bridgehead atoms. The van der Waals surface area contributed by atoms with Crippen molar-refractivity contribution in [2.75, 3.05) is 77.8 Å². The van der Waals surface area contributed by atoms with Gasteiger partial charge in [0.25, 0.3) is 0 Å². The van der Waals surface area contributed by atoms with Gasteiger partial charge in [0.1, 0.15) is 42.3 Å². The summed E-state index contributed by atoms with van der Waals surface area (Å²) in [4.78, 5) is 187. The molecular weight excluding hydrogens is 1650 g/mol. The van der Waals surface area contributed by atoms with Crippen molar-refractivity contribution in [2.45, 2.75) is 177 Å². The number of carbonyl (C=O) groups excluding carboxylic acids is 13. The van der Waals surface area contributed by atoms with Gasteiger partial charge in [-0.25, -0.2) is 0 Å². The maximum atomic E-state index is 14.9. The van der Waals surface area contributed by atoms with Gasteiger partial charge in [0.05, 0.1) is 51.2 Å². The van der Waals surface area contributed by atoms with Crippen molar-refractivity contribution in [1.29, 1.82) is 5.41 Å². The molecule has 2 fully saturated rings. The number of primary amides is 1. The number of anilines is 2. The van der Waals surface area contributed by atoms with E-state index in [1.165, 1.54) is 28.4 Å². The molecule has 126 heavy (non-hydrogen) atoms. The summed E-state index contributed by atoms with van der Waals surface area (Å²) in [6, 6.07) is 19.5. The van der Waals surface area contributed by atoms with Crippen LogP contribution in [0.15, 0.2) is 109 Å². The highest BCUT2D eigenvalue weighted by Gasteiger charge is 2.53. The summed E-state index contributed by atoms with van der Waals surface area (Å²) in [6.45, 7) is 7.08. The highest BCUT2D eigenvalue weighted by atomic mass is 32.2. The van der Waals surface area contributed by atoms with Gasteiger partial charge in [-0.2, -0.15) is 0 Å². The van der Waals surface area contributed by atoms with Crippen molar-refractivity contribution in [3.63, 3.8) is 0 Å². The van der Waals surface area contributed by atoms with Crippen LogP contribution in [0.2, 0.25) is 0 Å². The number of fused-ring (bicyclic) bond motifs is 4. The lowest BCUT2D eigenvalue weighted by Crippen LogP contribution is -2.62. The standard InChI is InChI=1S/C88H116N18O19S/c1-9-46(3)74(84(116)101-59(23-16-17-32-89)81(113)104-75(47(4)10-2)85(117)103-63(36-50-42-96-58-22-15-14-21-53(50)58)83(115)102-62(79(111)94-5)35-48-19-12-11-13-20-48)105-82(114)61(29-30-69(91)107)100-80(112)60(24-18-33-95-88(92)93)99-78(110)57(90)44-126-68-41-71(109)106(86(68)118)34-31-70(108)97-51-25-27-52(28-26-51)98-76-55-40-65-64(124-45-125-65)39-54(55)72(73-56(76)43-123-87(73)119)49-37-66(120-6)77(122-8)67(38-49)121-7/h11-15,19-22,25-28,37-40,42,46-47,56-57,59-63,68,72-76,96,98H,9-10,16-18,23-24,29-36,41,43-45,89-90H2,1-8H3,(H2,91,107)(H,94,111)(H,97,108)(H,99,110)(H,100,112)(H,101,116)(H,102,115)(H,103,117)(H,104,113)(H,105,114)(H4,92,93,95)/t46?,47?,56-,57-,59-,60-,61-,62-,63-,68?,72+,73?,74-,75-,76+/m0/s1. The fourth-order valence-electron chi connectivity index (χ4n) is 15.9. The van der Waals surface area contributed by atoms with Crippen LogP contribution in [0, 0.1) is 29.1 Å². The fourth-order valence-corrected chi connectivity index (χ4v) is 17.1. The molecular formula is C88H116N18O19S. The Balaban J connectivity index is 0.751. The average Bonchev–Trinajstić information content (AvgIpc) is 1.48. The van der Waals surface area contributed by atoms with E-state index in [9.17, 15) is 62.3 Å². The van der Waals surface area contributed by atoms with Crippen LogP contribution in [0.25, 0.3) is 10.9 Å². The van der Waals surface area contributed by atoms with E-state index >= 15 is 0 Å². The second-order valence-corrected chi connectivity index (χ2v) is 33.0. The Labute approximate surface area is 734 Å². The van der Waals surface area contributed by atoms with Crippen molar-refractivity contribution in [1.82, 2.24) is 57.7 Å². The minimum absolute atomic E-state index is 0.00974. The molecule has 38 heteroatoms. The lowest BCUT2D eigenvalue weighted by atomic mass is 9.65. The lowest BCUT2D eigenvalue weighted by Gasteiger charge is -2.40. The van der Waals surface area contributed by atoms with E-state index in [0.717, 1.165) is 49.8 Å². The Hall–Kier alpha value is -12.7. The quantitative estimate of drug-likeness (QED) is 0.00858. The molecule has 5 aromatic carbocycles. The highest BCUT2D eigenvalue weighted by Crippen LogP contribution is 2.56. The number of H-pyrrole nitrogens is 1. The molecule has 678 valence electrons. The predicted molar refractivity (Wildman–Crippen MR) is 469 cm³/mol. The van der Waals surface area contributed by atoms with Crippen LogP contribution >= 0.6 is 11.8 Å². The summed E-state index contributed by atoms with van der Waals surface area (Å²) in [5.41, 5.74) is 29.1. The number of esters is 1.